The van der Waals surface area contributed by atoms with Gasteiger partial charge in [-0.3, -0.25) is 4.79 Å². The van der Waals surface area contributed by atoms with E-state index in [2.05, 4.69) is 0 Å². The molecule has 1 saturated heterocycles. The van der Waals surface area contributed by atoms with E-state index >= 15 is 0 Å². The highest BCUT2D eigenvalue weighted by molar-refractivity contribution is 7.12. The van der Waals surface area contributed by atoms with Crippen LogP contribution in [0.2, 0.25) is 0 Å². The number of carbonyl (C=O) groups is 1. The Morgan fingerprint density at radius 3 is 3.24 bits per heavy atom. The van der Waals surface area contributed by atoms with Crippen LogP contribution in [0.25, 0.3) is 0 Å². The standard InChI is InChI=1S/C12H17NO3S/c1-16-10-4-7-17-11(10)12(15)13-5-2-9(8-13)3-6-14/h4,7,9,14H,2-3,5-6,8H2,1H3. The highest BCUT2D eigenvalue weighted by atomic mass is 32.1. The molecule has 17 heavy (non-hydrogen) atoms. The van der Waals surface area contributed by atoms with E-state index in [0.29, 0.717) is 16.5 Å². The van der Waals surface area contributed by atoms with Crippen molar-refractivity contribution in [3.8, 4) is 5.75 Å². The van der Waals surface area contributed by atoms with Crippen LogP contribution in [0.3, 0.4) is 0 Å². The number of likely N-dealkylation sites (tertiary alicyclic amines) is 1. The maximum absolute atomic E-state index is 12.2. The minimum absolute atomic E-state index is 0.0530. The van der Waals surface area contributed by atoms with Crippen LogP contribution in [0.15, 0.2) is 11.4 Å². The van der Waals surface area contributed by atoms with Gasteiger partial charge in [0.15, 0.2) is 0 Å². The first kappa shape index (κ1) is 12.4. The largest absolute Gasteiger partial charge is 0.495 e. The second-order valence-corrected chi connectivity index (χ2v) is 5.15. The van der Waals surface area contributed by atoms with Gasteiger partial charge in [0.25, 0.3) is 5.91 Å². The zero-order valence-electron chi connectivity index (χ0n) is 9.89. The van der Waals surface area contributed by atoms with Crippen molar-refractivity contribution in [1.82, 2.24) is 4.90 Å². The van der Waals surface area contributed by atoms with Crippen LogP contribution in [-0.4, -0.2) is 42.7 Å². The Morgan fingerprint density at radius 1 is 1.71 bits per heavy atom. The van der Waals surface area contributed by atoms with E-state index in [1.807, 2.05) is 16.3 Å². The van der Waals surface area contributed by atoms with Gasteiger partial charge in [-0.25, -0.2) is 0 Å². The SMILES string of the molecule is COc1ccsc1C(=O)N1CCC(CCO)C1. The van der Waals surface area contributed by atoms with E-state index in [1.54, 1.807) is 7.11 Å². The van der Waals surface area contributed by atoms with Gasteiger partial charge in [0, 0.05) is 19.7 Å². The molecule has 1 aliphatic rings. The van der Waals surface area contributed by atoms with Crippen LogP contribution < -0.4 is 4.74 Å². The Hall–Kier alpha value is -1.07. The molecule has 1 atom stereocenters. The number of hydrogen-bond donors (Lipinski definition) is 1. The first-order valence-corrected chi connectivity index (χ1v) is 6.66. The lowest BCUT2D eigenvalue weighted by molar-refractivity contribution is 0.0786. The number of ether oxygens (including phenoxy) is 1. The zero-order chi connectivity index (χ0) is 12.3. The highest BCUT2D eigenvalue weighted by Crippen LogP contribution is 2.28. The quantitative estimate of drug-likeness (QED) is 0.889. The minimum Gasteiger partial charge on any atom is -0.495 e. The van der Waals surface area contributed by atoms with Crippen LogP contribution in [0.5, 0.6) is 5.75 Å². The molecule has 0 radical (unpaired) electrons. The Labute approximate surface area is 105 Å². The fraction of sp³-hybridized carbons (Fsp3) is 0.583. The van der Waals surface area contributed by atoms with E-state index in [-0.39, 0.29) is 12.5 Å². The smallest absolute Gasteiger partial charge is 0.267 e. The van der Waals surface area contributed by atoms with E-state index in [4.69, 9.17) is 9.84 Å². The van der Waals surface area contributed by atoms with Crippen molar-refractivity contribution in [2.75, 3.05) is 26.8 Å². The maximum atomic E-state index is 12.2. The van der Waals surface area contributed by atoms with Crippen molar-refractivity contribution in [3.63, 3.8) is 0 Å². The Morgan fingerprint density at radius 2 is 2.53 bits per heavy atom. The Balaban J connectivity index is 2.02. The molecule has 1 N–H and O–H groups in total. The van der Waals surface area contributed by atoms with Gasteiger partial charge in [0.1, 0.15) is 10.6 Å². The van der Waals surface area contributed by atoms with Crippen molar-refractivity contribution in [2.24, 2.45) is 5.92 Å². The first-order valence-electron chi connectivity index (χ1n) is 5.78. The monoisotopic (exact) mass is 255 g/mol. The molecule has 0 saturated carbocycles. The lowest BCUT2D eigenvalue weighted by atomic mass is 10.1. The number of aliphatic hydroxyl groups is 1. The maximum Gasteiger partial charge on any atom is 0.267 e. The van der Waals surface area contributed by atoms with Crippen molar-refractivity contribution >= 4 is 17.2 Å². The van der Waals surface area contributed by atoms with Crippen molar-refractivity contribution in [1.29, 1.82) is 0 Å². The highest BCUT2D eigenvalue weighted by Gasteiger charge is 2.28. The summed E-state index contributed by atoms with van der Waals surface area (Å²) in [5, 5.41) is 10.8. The molecule has 0 aliphatic carbocycles. The van der Waals surface area contributed by atoms with E-state index in [1.165, 1.54) is 11.3 Å². The van der Waals surface area contributed by atoms with Crippen LogP contribution >= 0.6 is 11.3 Å². The normalized spacial score (nSPS) is 19.6. The van der Waals surface area contributed by atoms with Crippen LogP contribution in [0.4, 0.5) is 0 Å². The van der Waals surface area contributed by atoms with Gasteiger partial charge in [-0.2, -0.15) is 0 Å². The van der Waals surface area contributed by atoms with Gasteiger partial charge in [0.05, 0.1) is 7.11 Å². The third-order valence-corrected chi connectivity index (χ3v) is 4.04. The number of nitrogens with zero attached hydrogens (tertiary/aromatic N) is 1. The second kappa shape index (κ2) is 5.51. The Bertz CT molecular complexity index is 391. The van der Waals surface area contributed by atoms with Crippen LogP contribution in [0.1, 0.15) is 22.5 Å². The molecular weight excluding hydrogens is 238 g/mol. The molecule has 4 nitrogen and oxygen atoms in total. The topological polar surface area (TPSA) is 49.8 Å². The van der Waals surface area contributed by atoms with Gasteiger partial charge < -0.3 is 14.7 Å². The lowest BCUT2D eigenvalue weighted by Gasteiger charge is -2.16. The zero-order valence-corrected chi connectivity index (χ0v) is 10.7. The molecule has 2 heterocycles. The van der Waals surface area contributed by atoms with E-state index in [9.17, 15) is 4.79 Å². The number of methoxy groups -OCH3 is 1. The van der Waals surface area contributed by atoms with Crippen LogP contribution in [0, 0.1) is 5.92 Å². The fourth-order valence-electron chi connectivity index (χ4n) is 2.19. The fourth-order valence-corrected chi connectivity index (χ4v) is 3.02. The van der Waals surface area contributed by atoms with Gasteiger partial charge in [-0.15, -0.1) is 11.3 Å². The molecule has 1 aromatic rings. The van der Waals surface area contributed by atoms with Crippen molar-refractivity contribution in [2.45, 2.75) is 12.8 Å². The molecule has 0 bridgehead atoms. The molecule has 2 rings (SSSR count). The lowest BCUT2D eigenvalue weighted by Crippen LogP contribution is -2.28. The second-order valence-electron chi connectivity index (χ2n) is 4.24. The predicted octanol–water partition coefficient (Wildman–Crippen LogP) is 1.60. The Kier molecular flexibility index (Phi) is 4.02. The predicted molar refractivity (Wildman–Crippen MR) is 66.6 cm³/mol. The van der Waals surface area contributed by atoms with Crippen LogP contribution in [-0.2, 0) is 0 Å². The molecule has 5 heteroatoms. The number of rotatable bonds is 4. The number of amides is 1. The summed E-state index contributed by atoms with van der Waals surface area (Å²) in [6.07, 6.45) is 1.77. The molecule has 94 valence electrons. The molecule has 1 aromatic heterocycles. The summed E-state index contributed by atoms with van der Waals surface area (Å²) in [6, 6.07) is 1.82. The summed E-state index contributed by atoms with van der Waals surface area (Å²) >= 11 is 1.42. The minimum atomic E-state index is 0.0530. The summed E-state index contributed by atoms with van der Waals surface area (Å²) < 4.78 is 5.16. The summed E-state index contributed by atoms with van der Waals surface area (Å²) in [5.41, 5.74) is 0. The van der Waals surface area contributed by atoms with E-state index in [0.717, 1.165) is 25.9 Å². The molecule has 1 fully saturated rings. The average Bonchev–Trinajstić information content (AvgIpc) is 2.96. The van der Waals surface area contributed by atoms with Gasteiger partial charge >= 0.3 is 0 Å². The molecule has 1 amide bonds. The number of thiophene rings is 1. The molecule has 1 unspecified atom stereocenters. The molecule has 0 spiro atoms. The van der Waals surface area contributed by atoms with Gasteiger partial charge in [0.2, 0.25) is 0 Å². The summed E-state index contributed by atoms with van der Waals surface area (Å²) in [7, 11) is 1.58. The number of carbonyl (C=O) groups excluding carboxylic acids is 1. The molecule has 1 aliphatic heterocycles. The molecular formula is C12H17NO3S. The third-order valence-electron chi connectivity index (χ3n) is 3.15. The average molecular weight is 255 g/mol. The van der Waals surface area contributed by atoms with Crippen molar-refractivity contribution in [3.05, 3.63) is 16.3 Å². The molecule has 0 aromatic carbocycles. The number of hydrogen-bond acceptors (Lipinski definition) is 4. The van der Waals surface area contributed by atoms with Gasteiger partial charge in [-0.05, 0) is 30.2 Å². The third kappa shape index (κ3) is 2.61. The number of aliphatic hydroxyl groups excluding tert-OH is 1. The summed E-state index contributed by atoms with van der Waals surface area (Å²) in [6.45, 7) is 1.74. The van der Waals surface area contributed by atoms with Gasteiger partial charge in [-0.1, -0.05) is 0 Å². The van der Waals surface area contributed by atoms with E-state index < -0.39 is 0 Å². The first-order chi connectivity index (χ1) is 8.26. The summed E-state index contributed by atoms with van der Waals surface area (Å²) in [5.74, 6) is 1.15. The van der Waals surface area contributed by atoms with Crippen molar-refractivity contribution < 1.29 is 14.6 Å². The summed E-state index contributed by atoms with van der Waals surface area (Å²) in [4.78, 5) is 14.8.